The highest BCUT2D eigenvalue weighted by Crippen LogP contribution is 2.29. The van der Waals surface area contributed by atoms with Crippen molar-refractivity contribution in [2.75, 3.05) is 6.61 Å². The molecule has 1 heterocycles. The molecular weight excluding hydrogens is 510 g/mol. The second-order valence-electron chi connectivity index (χ2n) is 9.50. The van der Waals surface area contributed by atoms with Crippen LogP contribution in [0.2, 0.25) is 0 Å². The minimum absolute atomic E-state index is 0.180. The number of halogens is 4. The summed E-state index contributed by atoms with van der Waals surface area (Å²) in [6.45, 7) is 3.86. The van der Waals surface area contributed by atoms with Gasteiger partial charge in [-0.15, -0.1) is 0 Å². The second kappa shape index (κ2) is 14.8. The molecule has 210 valence electrons. The van der Waals surface area contributed by atoms with E-state index < -0.39 is 24.1 Å². The van der Waals surface area contributed by atoms with E-state index in [9.17, 15) is 22.4 Å². The summed E-state index contributed by atoms with van der Waals surface area (Å²) in [6.07, 6.45) is 1.60. The first kappa shape index (κ1) is 30.3. The maximum Gasteiger partial charge on any atom is 0.425 e. The normalized spacial score (nSPS) is 12.4. The SMILES string of the molecule is CCCCCCc1ccc(-c2ccc(-c3ccc(OC(=O)C(OCCCCC)C(F)(F)F)cc3F)cn2)cc1. The van der Waals surface area contributed by atoms with E-state index in [0.717, 1.165) is 30.2 Å². The Morgan fingerprint density at radius 2 is 1.56 bits per heavy atom. The molecule has 0 aliphatic carbocycles. The number of nitrogens with zero attached hydrogens (tertiary/aromatic N) is 1. The van der Waals surface area contributed by atoms with Crippen molar-refractivity contribution < 1.29 is 31.8 Å². The van der Waals surface area contributed by atoms with Gasteiger partial charge in [0.25, 0.3) is 6.10 Å². The van der Waals surface area contributed by atoms with E-state index in [1.807, 2.05) is 19.1 Å². The first-order valence-corrected chi connectivity index (χ1v) is 13.5. The molecule has 39 heavy (non-hydrogen) atoms. The van der Waals surface area contributed by atoms with E-state index >= 15 is 0 Å². The van der Waals surface area contributed by atoms with Gasteiger partial charge in [-0.3, -0.25) is 4.98 Å². The molecule has 2 aromatic carbocycles. The third kappa shape index (κ3) is 9.17. The van der Waals surface area contributed by atoms with Crippen molar-refractivity contribution in [3.8, 4) is 28.1 Å². The summed E-state index contributed by atoms with van der Waals surface area (Å²) in [4.78, 5) is 16.6. The molecule has 0 aliphatic heterocycles. The van der Waals surface area contributed by atoms with Crippen LogP contribution >= 0.6 is 0 Å². The number of rotatable bonds is 14. The third-order valence-corrected chi connectivity index (χ3v) is 6.35. The predicted molar refractivity (Wildman–Crippen MR) is 144 cm³/mol. The highest BCUT2D eigenvalue weighted by molar-refractivity contribution is 5.78. The molecule has 4 nitrogen and oxygen atoms in total. The monoisotopic (exact) mass is 545 g/mol. The number of aryl methyl sites for hydroxylation is 1. The molecule has 1 aromatic heterocycles. The van der Waals surface area contributed by atoms with Gasteiger partial charge in [0.15, 0.2) is 0 Å². The van der Waals surface area contributed by atoms with Crippen molar-refractivity contribution in [1.29, 1.82) is 0 Å². The van der Waals surface area contributed by atoms with Crippen molar-refractivity contribution in [1.82, 2.24) is 4.98 Å². The molecule has 3 aromatic rings. The van der Waals surface area contributed by atoms with Gasteiger partial charge in [0.05, 0.1) is 5.69 Å². The standard InChI is InChI=1S/C31H35F4NO3/c1-3-5-7-8-10-22-11-13-23(14-12-22)28-18-15-24(21-36-28)26-17-16-25(20-27(26)32)39-30(37)29(31(33,34)35)38-19-9-6-4-2/h11-18,20-21,29H,3-10,19H2,1-2H3. The lowest BCUT2D eigenvalue weighted by molar-refractivity contribution is -0.225. The number of ether oxygens (including phenoxy) is 2. The topological polar surface area (TPSA) is 48.4 Å². The summed E-state index contributed by atoms with van der Waals surface area (Å²) in [5.41, 5.74) is 3.62. The molecule has 0 saturated carbocycles. The average molecular weight is 546 g/mol. The summed E-state index contributed by atoms with van der Waals surface area (Å²) in [5, 5.41) is 0. The quantitative estimate of drug-likeness (QED) is 0.0880. The molecule has 0 aliphatic rings. The number of pyridine rings is 1. The summed E-state index contributed by atoms with van der Waals surface area (Å²) in [6, 6.07) is 15.2. The highest BCUT2D eigenvalue weighted by atomic mass is 19.4. The Hall–Kier alpha value is -3.26. The van der Waals surface area contributed by atoms with Crippen LogP contribution in [-0.2, 0) is 16.0 Å². The van der Waals surface area contributed by atoms with Gasteiger partial charge in [0.1, 0.15) is 11.6 Å². The van der Waals surface area contributed by atoms with E-state index in [4.69, 9.17) is 9.47 Å². The molecule has 3 rings (SSSR count). The van der Waals surface area contributed by atoms with Crippen LogP contribution in [0.25, 0.3) is 22.4 Å². The van der Waals surface area contributed by atoms with Crippen LogP contribution in [0.15, 0.2) is 60.8 Å². The van der Waals surface area contributed by atoms with Crippen LogP contribution in [0.3, 0.4) is 0 Å². The van der Waals surface area contributed by atoms with Crippen molar-refractivity contribution in [2.45, 2.75) is 77.5 Å². The number of carbonyl (C=O) groups excluding carboxylic acids is 1. The number of benzene rings is 2. The number of hydrogen-bond donors (Lipinski definition) is 0. The van der Waals surface area contributed by atoms with E-state index in [1.165, 1.54) is 49.6 Å². The average Bonchev–Trinajstić information content (AvgIpc) is 2.91. The first-order chi connectivity index (χ1) is 18.7. The van der Waals surface area contributed by atoms with Crippen LogP contribution in [0.5, 0.6) is 5.75 Å². The van der Waals surface area contributed by atoms with Gasteiger partial charge < -0.3 is 9.47 Å². The predicted octanol–water partition coefficient (Wildman–Crippen LogP) is 8.72. The fraction of sp³-hybridized carbons (Fsp3) is 0.419. The minimum atomic E-state index is -4.94. The minimum Gasteiger partial charge on any atom is -0.424 e. The fourth-order valence-corrected chi connectivity index (χ4v) is 4.13. The number of aromatic nitrogens is 1. The van der Waals surface area contributed by atoms with Gasteiger partial charge in [0.2, 0.25) is 0 Å². The Balaban J connectivity index is 1.64. The molecule has 0 amide bonds. The molecule has 0 saturated heterocycles. The van der Waals surface area contributed by atoms with Gasteiger partial charge in [-0.25, -0.2) is 9.18 Å². The zero-order valence-electron chi connectivity index (χ0n) is 22.4. The summed E-state index contributed by atoms with van der Waals surface area (Å²) < 4.78 is 64.3. The molecule has 0 radical (unpaired) electrons. The maximum atomic E-state index is 14.9. The summed E-state index contributed by atoms with van der Waals surface area (Å²) >= 11 is 0. The number of alkyl halides is 3. The fourth-order valence-electron chi connectivity index (χ4n) is 4.13. The van der Waals surface area contributed by atoms with E-state index in [1.54, 1.807) is 12.1 Å². The summed E-state index contributed by atoms with van der Waals surface area (Å²) in [5.74, 6) is -2.73. The van der Waals surface area contributed by atoms with Gasteiger partial charge in [0, 0.05) is 35.6 Å². The molecular formula is C31H35F4NO3. The Labute approximate surface area is 227 Å². The van der Waals surface area contributed by atoms with Crippen molar-refractivity contribution in [3.05, 3.63) is 72.2 Å². The first-order valence-electron chi connectivity index (χ1n) is 13.5. The highest BCUT2D eigenvalue weighted by Gasteiger charge is 2.47. The smallest absolute Gasteiger partial charge is 0.424 e. The van der Waals surface area contributed by atoms with Gasteiger partial charge in [-0.2, -0.15) is 13.2 Å². The number of unbranched alkanes of at least 4 members (excludes halogenated alkanes) is 5. The van der Waals surface area contributed by atoms with Gasteiger partial charge in [-0.1, -0.05) is 76.3 Å². The van der Waals surface area contributed by atoms with Crippen LogP contribution in [0, 0.1) is 5.82 Å². The van der Waals surface area contributed by atoms with E-state index in [-0.39, 0.29) is 17.9 Å². The number of esters is 1. The maximum absolute atomic E-state index is 14.9. The van der Waals surface area contributed by atoms with Crippen molar-refractivity contribution in [3.63, 3.8) is 0 Å². The molecule has 1 atom stereocenters. The zero-order chi connectivity index (χ0) is 28.3. The lowest BCUT2D eigenvalue weighted by Crippen LogP contribution is -2.42. The van der Waals surface area contributed by atoms with Crippen LogP contribution < -0.4 is 4.74 Å². The Morgan fingerprint density at radius 1 is 0.872 bits per heavy atom. The Bertz CT molecular complexity index is 1180. The number of hydrogen-bond acceptors (Lipinski definition) is 4. The number of carbonyl (C=O) groups is 1. The van der Waals surface area contributed by atoms with Crippen molar-refractivity contribution >= 4 is 5.97 Å². The second-order valence-corrected chi connectivity index (χ2v) is 9.50. The molecule has 8 heteroatoms. The van der Waals surface area contributed by atoms with Gasteiger partial charge in [-0.05, 0) is 43.0 Å². The summed E-state index contributed by atoms with van der Waals surface area (Å²) in [7, 11) is 0. The molecule has 0 bridgehead atoms. The lowest BCUT2D eigenvalue weighted by Gasteiger charge is -2.19. The zero-order valence-corrected chi connectivity index (χ0v) is 22.4. The molecule has 0 N–H and O–H groups in total. The van der Waals surface area contributed by atoms with E-state index in [2.05, 4.69) is 24.0 Å². The Morgan fingerprint density at radius 3 is 2.18 bits per heavy atom. The largest absolute Gasteiger partial charge is 0.425 e. The van der Waals surface area contributed by atoms with Crippen LogP contribution in [0.1, 0.15) is 64.4 Å². The van der Waals surface area contributed by atoms with Crippen molar-refractivity contribution in [2.24, 2.45) is 0 Å². The van der Waals surface area contributed by atoms with Crippen LogP contribution in [-0.4, -0.2) is 29.8 Å². The van der Waals surface area contributed by atoms with Gasteiger partial charge >= 0.3 is 12.1 Å². The Kier molecular flexibility index (Phi) is 11.5. The van der Waals surface area contributed by atoms with Crippen LogP contribution in [0.4, 0.5) is 17.6 Å². The molecule has 1 unspecified atom stereocenters. The van der Waals surface area contributed by atoms with E-state index in [0.29, 0.717) is 18.4 Å². The lowest BCUT2D eigenvalue weighted by atomic mass is 10.0. The molecule has 0 spiro atoms. The molecule has 0 fully saturated rings. The third-order valence-electron chi connectivity index (χ3n) is 6.35.